The van der Waals surface area contributed by atoms with Gasteiger partial charge >= 0.3 is 0 Å². The second-order valence-electron chi connectivity index (χ2n) is 2.81. The fourth-order valence-corrected chi connectivity index (χ4v) is 1.02. The van der Waals surface area contributed by atoms with Gasteiger partial charge in [-0.3, -0.25) is 0 Å². The zero-order valence-electron chi connectivity index (χ0n) is 7.58. The molecular formula is C11H7FN2. The summed E-state index contributed by atoms with van der Waals surface area (Å²) in [6.07, 6.45) is 1.24. The van der Waals surface area contributed by atoms with Gasteiger partial charge in [-0.1, -0.05) is 11.6 Å². The summed E-state index contributed by atoms with van der Waals surface area (Å²) in [7, 11) is 0. The van der Waals surface area contributed by atoms with E-state index in [-0.39, 0.29) is 11.1 Å². The molecule has 0 amide bonds. The number of hydrogen-bond acceptors (Lipinski definition) is 2. The summed E-state index contributed by atoms with van der Waals surface area (Å²) < 4.78 is 13.1. The van der Waals surface area contributed by atoms with Gasteiger partial charge in [0.05, 0.1) is 0 Å². The summed E-state index contributed by atoms with van der Waals surface area (Å²) in [6, 6.07) is 7.89. The van der Waals surface area contributed by atoms with E-state index in [1.165, 1.54) is 12.1 Å². The topological polar surface area (TPSA) is 47.6 Å². The van der Waals surface area contributed by atoms with Crippen LogP contribution in [0.4, 0.5) is 4.39 Å². The van der Waals surface area contributed by atoms with Crippen molar-refractivity contribution in [1.29, 1.82) is 10.5 Å². The number of nitriles is 2. The quantitative estimate of drug-likeness (QED) is 0.633. The molecule has 0 heterocycles. The molecule has 0 bridgehead atoms. The first kappa shape index (κ1) is 9.95. The Hall–Kier alpha value is -2.13. The summed E-state index contributed by atoms with van der Waals surface area (Å²) in [6.45, 7) is 1.81. The molecular weight excluding hydrogens is 179 g/mol. The van der Waals surface area contributed by atoms with Gasteiger partial charge in [-0.15, -0.1) is 0 Å². The van der Waals surface area contributed by atoms with Crippen molar-refractivity contribution in [2.45, 2.75) is 6.92 Å². The third-order valence-electron chi connectivity index (χ3n) is 1.69. The van der Waals surface area contributed by atoms with Crippen LogP contribution in [0.1, 0.15) is 11.1 Å². The molecule has 0 aliphatic heterocycles. The molecule has 0 saturated carbocycles. The number of halogens is 1. The largest absolute Gasteiger partial charge is 0.206 e. The Kier molecular flexibility index (Phi) is 2.99. The molecule has 0 aliphatic carbocycles. The molecule has 1 aromatic carbocycles. The third-order valence-corrected chi connectivity index (χ3v) is 1.69. The van der Waals surface area contributed by atoms with Gasteiger partial charge in [0.2, 0.25) is 0 Å². The number of hydrogen-bond donors (Lipinski definition) is 0. The summed E-state index contributed by atoms with van der Waals surface area (Å²) in [5.41, 5.74) is 1.05. The van der Waals surface area contributed by atoms with Crippen molar-refractivity contribution in [3.63, 3.8) is 0 Å². The molecule has 0 spiro atoms. The van der Waals surface area contributed by atoms with Crippen LogP contribution in [0.5, 0.6) is 0 Å². The highest BCUT2D eigenvalue weighted by atomic mass is 19.1. The van der Waals surface area contributed by atoms with Crippen LogP contribution in [-0.2, 0) is 0 Å². The van der Waals surface area contributed by atoms with Crippen molar-refractivity contribution in [3.05, 3.63) is 40.7 Å². The van der Waals surface area contributed by atoms with E-state index in [1.54, 1.807) is 24.3 Å². The number of rotatable bonds is 1. The van der Waals surface area contributed by atoms with Gasteiger partial charge in [-0.2, -0.15) is 10.5 Å². The number of nitrogens with zero attached hydrogens (tertiary/aromatic N) is 2. The van der Waals surface area contributed by atoms with E-state index in [0.29, 0.717) is 0 Å². The van der Waals surface area contributed by atoms with E-state index in [2.05, 4.69) is 0 Å². The van der Waals surface area contributed by atoms with Crippen LogP contribution in [0.3, 0.4) is 0 Å². The Morgan fingerprint density at radius 2 is 2.00 bits per heavy atom. The summed E-state index contributed by atoms with van der Waals surface area (Å²) in [5, 5.41) is 17.0. The minimum Gasteiger partial charge on any atom is -0.206 e. The van der Waals surface area contributed by atoms with Crippen molar-refractivity contribution in [1.82, 2.24) is 0 Å². The number of allylic oxidation sites excluding steroid dienone is 1. The second-order valence-corrected chi connectivity index (χ2v) is 2.81. The van der Waals surface area contributed by atoms with Crippen LogP contribution >= 0.6 is 0 Å². The highest BCUT2D eigenvalue weighted by Gasteiger charge is 2.01. The average Bonchev–Trinajstić information content (AvgIpc) is 2.19. The first-order valence-corrected chi connectivity index (χ1v) is 3.95. The monoisotopic (exact) mass is 186 g/mol. The van der Waals surface area contributed by atoms with Crippen LogP contribution in [-0.4, -0.2) is 0 Å². The fourth-order valence-electron chi connectivity index (χ4n) is 1.02. The lowest BCUT2D eigenvalue weighted by molar-refractivity contribution is 0.624. The molecule has 0 aliphatic rings. The smallest absolute Gasteiger partial charge is 0.130 e. The average molecular weight is 186 g/mol. The van der Waals surface area contributed by atoms with Crippen LogP contribution in [0.15, 0.2) is 23.8 Å². The third kappa shape index (κ3) is 2.18. The predicted molar refractivity (Wildman–Crippen MR) is 50.3 cm³/mol. The van der Waals surface area contributed by atoms with E-state index in [1.807, 2.05) is 6.92 Å². The van der Waals surface area contributed by atoms with E-state index >= 15 is 0 Å². The SMILES string of the molecule is Cc1ccc(F)c(C=C(C#N)C#N)c1. The Balaban J connectivity index is 3.22. The molecule has 0 unspecified atom stereocenters. The fraction of sp³-hybridized carbons (Fsp3) is 0.0909. The highest BCUT2D eigenvalue weighted by Crippen LogP contribution is 2.13. The minimum atomic E-state index is -0.432. The molecule has 0 N–H and O–H groups in total. The predicted octanol–water partition coefficient (Wildman–Crippen LogP) is 2.56. The van der Waals surface area contributed by atoms with Gasteiger partial charge in [0.1, 0.15) is 23.5 Å². The van der Waals surface area contributed by atoms with Gasteiger partial charge in [-0.25, -0.2) is 4.39 Å². The van der Waals surface area contributed by atoms with Crippen molar-refractivity contribution < 1.29 is 4.39 Å². The molecule has 0 fully saturated rings. The zero-order valence-corrected chi connectivity index (χ0v) is 7.58. The highest BCUT2D eigenvalue weighted by molar-refractivity contribution is 5.62. The van der Waals surface area contributed by atoms with Gasteiger partial charge in [-0.05, 0) is 25.1 Å². The van der Waals surface area contributed by atoms with Crippen molar-refractivity contribution >= 4 is 6.08 Å². The first-order valence-electron chi connectivity index (χ1n) is 3.95. The number of benzene rings is 1. The normalized spacial score (nSPS) is 8.57. The van der Waals surface area contributed by atoms with Gasteiger partial charge in [0.15, 0.2) is 0 Å². The van der Waals surface area contributed by atoms with E-state index in [0.717, 1.165) is 5.56 Å². The lowest BCUT2D eigenvalue weighted by Gasteiger charge is -1.97. The number of aryl methyl sites for hydroxylation is 1. The van der Waals surface area contributed by atoms with E-state index in [9.17, 15) is 4.39 Å². The molecule has 0 aromatic heterocycles. The van der Waals surface area contributed by atoms with E-state index in [4.69, 9.17) is 10.5 Å². The van der Waals surface area contributed by atoms with Crippen molar-refractivity contribution in [3.8, 4) is 12.1 Å². The maximum Gasteiger partial charge on any atom is 0.130 e. The molecule has 1 aromatic rings. The molecule has 14 heavy (non-hydrogen) atoms. The maximum absolute atomic E-state index is 13.1. The van der Waals surface area contributed by atoms with Crippen LogP contribution in [0.25, 0.3) is 6.08 Å². The van der Waals surface area contributed by atoms with Gasteiger partial charge < -0.3 is 0 Å². The zero-order chi connectivity index (χ0) is 10.6. The molecule has 0 atom stereocenters. The lowest BCUT2D eigenvalue weighted by atomic mass is 10.1. The lowest BCUT2D eigenvalue weighted by Crippen LogP contribution is -1.84. The second kappa shape index (κ2) is 4.20. The van der Waals surface area contributed by atoms with Gasteiger partial charge in [0.25, 0.3) is 0 Å². The van der Waals surface area contributed by atoms with Crippen LogP contribution in [0, 0.1) is 35.4 Å². The first-order chi connectivity index (χ1) is 6.67. The Labute approximate surface area is 81.5 Å². The molecule has 3 heteroatoms. The standard InChI is InChI=1S/C11H7FN2/c1-8-2-3-11(12)10(4-8)5-9(6-13)7-14/h2-5H,1H3. The van der Waals surface area contributed by atoms with E-state index < -0.39 is 5.82 Å². The minimum absolute atomic E-state index is 0.102. The Bertz CT molecular complexity index is 445. The van der Waals surface area contributed by atoms with Crippen LogP contribution in [0.2, 0.25) is 0 Å². The molecule has 0 radical (unpaired) electrons. The van der Waals surface area contributed by atoms with Crippen molar-refractivity contribution in [2.24, 2.45) is 0 Å². The summed E-state index contributed by atoms with van der Waals surface area (Å²) in [5.74, 6) is -0.432. The van der Waals surface area contributed by atoms with Crippen molar-refractivity contribution in [2.75, 3.05) is 0 Å². The molecule has 0 saturated heterocycles. The molecule has 1 rings (SSSR count). The Morgan fingerprint density at radius 3 is 2.57 bits per heavy atom. The Morgan fingerprint density at radius 1 is 1.36 bits per heavy atom. The van der Waals surface area contributed by atoms with Gasteiger partial charge in [0, 0.05) is 5.56 Å². The maximum atomic E-state index is 13.1. The van der Waals surface area contributed by atoms with Crippen LogP contribution < -0.4 is 0 Å². The molecule has 2 nitrogen and oxygen atoms in total. The molecule has 68 valence electrons. The summed E-state index contributed by atoms with van der Waals surface area (Å²) in [4.78, 5) is 0. The summed E-state index contributed by atoms with van der Waals surface area (Å²) >= 11 is 0.